The highest BCUT2D eigenvalue weighted by Gasteiger charge is 2.25. The van der Waals surface area contributed by atoms with Gasteiger partial charge in [-0.1, -0.05) is 31.7 Å². The van der Waals surface area contributed by atoms with E-state index in [1.54, 1.807) is 4.90 Å². The number of nitrogens with one attached hydrogen (secondary N) is 1. The number of anilines is 2. The fraction of sp³-hybridized carbons (Fsp3) is 0.579. The highest BCUT2D eigenvalue weighted by Crippen LogP contribution is 2.31. The maximum absolute atomic E-state index is 12.2. The number of amides is 2. The molecule has 5 heteroatoms. The lowest BCUT2D eigenvalue weighted by Crippen LogP contribution is -2.32. The number of methoxy groups -OCH3 is 1. The van der Waals surface area contributed by atoms with Gasteiger partial charge in [-0.2, -0.15) is 0 Å². The van der Waals surface area contributed by atoms with Crippen molar-refractivity contribution in [3.05, 3.63) is 23.8 Å². The summed E-state index contributed by atoms with van der Waals surface area (Å²) in [6, 6.07) is 5.84. The summed E-state index contributed by atoms with van der Waals surface area (Å²) in [5.41, 5.74) is 2.80. The van der Waals surface area contributed by atoms with Gasteiger partial charge in [0.15, 0.2) is 0 Å². The normalized spacial score (nSPS) is 17.1. The molecule has 1 aromatic rings. The lowest BCUT2D eigenvalue weighted by Gasteiger charge is -2.18. The van der Waals surface area contributed by atoms with E-state index >= 15 is 0 Å². The number of fused-ring (bicyclic) bond motifs is 1. The summed E-state index contributed by atoms with van der Waals surface area (Å²) in [5.74, 6) is 0.744. The van der Waals surface area contributed by atoms with Crippen LogP contribution in [0.4, 0.5) is 11.4 Å². The third-order valence-electron chi connectivity index (χ3n) is 5.09. The molecule has 0 aromatic heterocycles. The summed E-state index contributed by atoms with van der Waals surface area (Å²) >= 11 is 0. The lowest BCUT2D eigenvalue weighted by atomic mass is 10.0. The molecule has 5 nitrogen and oxygen atoms in total. The van der Waals surface area contributed by atoms with Crippen molar-refractivity contribution in [2.45, 2.75) is 44.9 Å². The van der Waals surface area contributed by atoms with E-state index in [2.05, 4.69) is 5.32 Å². The van der Waals surface area contributed by atoms with Crippen molar-refractivity contribution < 1.29 is 14.3 Å². The quantitative estimate of drug-likeness (QED) is 0.872. The first-order valence-electron chi connectivity index (χ1n) is 8.89. The van der Waals surface area contributed by atoms with Crippen LogP contribution >= 0.6 is 0 Å². The van der Waals surface area contributed by atoms with Gasteiger partial charge in [0, 0.05) is 31.5 Å². The number of rotatable bonds is 6. The van der Waals surface area contributed by atoms with E-state index in [1.807, 2.05) is 18.2 Å². The average molecular weight is 330 g/mol. The molecule has 130 valence electrons. The van der Waals surface area contributed by atoms with Gasteiger partial charge in [-0.3, -0.25) is 9.59 Å². The predicted molar refractivity (Wildman–Crippen MR) is 94.2 cm³/mol. The molecule has 1 aromatic carbocycles. The third-order valence-corrected chi connectivity index (χ3v) is 5.09. The van der Waals surface area contributed by atoms with Gasteiger partial charge >= 0.3 is 0 Å². The second kappa shape index (κ2) is 7.79. The molecule has 0 unspecified atom stereocenters. The molecule has 3 rings (SSSR count). The van der Waals surface area contributed by atoms with Crippen molar-refractivity contribution in [1.29, 1.82) is 0 Å². The van der Waals surface area contributed by atoms with Crippen LogP contribution in [0.3, 0.4) is 0 Å². The maximum atomic E-state index is 12.2. The van der Waals surface area contributed by atoms with Gasteiger partial charge in [-0.25, -0.2) is 0 Å². The minimum Gasteiger partial charge on any atom is -0.375 e. The molecule has 1 N–H and O–H groups in total. The van der Waals surface area contributed by atoms with Gasteiger partial charge < -0.3 is 15.0 Å². The fourth-order valence-electron chi connectivity index (χ4n) is 3.78. The zero-order valence-electron chi connectivity index (χ0n) is 14.3. The molecule has 2 aliphatic rings. The van der Waals surface area contributed by atoms with Crippen molar-refractivity contribution in [3.8, 4) is 0 Å². The molecule has 0 spiro atoms. The Morgan fingerprint density at radius 3 is 2.83 bits per heavy atom. The number of hydrogen-bond acceptors (Lipinski definition) is 3. The van der Waals surface area contributed by atoms with Crippen LogP contribution in [0.2, 0.25) is 0 Å². The first-order valence-corrected chi connectivity index (χ1v) is 8.89. The molecule has 1 saturated carbocycles. The maximum Gasteiger partial charge on any atom is 0.252 e. The minimum absolute atomic E-state index is 0.0408. The summed E-state index contributed by atoms with van der Waals surface area (Å²) in [6.45, 7) is 0.758. The topological polar surface area (TPSA) is 58.6 Å². The van der Waals surface area contributed by atoms with Crippen molar-refractivity contribution in [1.82, 2.24) is 0 Å². The van der Waals surface area contributed by atoms with Gasteiger partial charge in [0.05, 0.1) is 0 Å². The Morgan fingerprint density at radius 2 is 2.08 bits per heavy atom. The van der Waals surface area contributed by atoms with Gasteiger partial charge in [-0.05, 0) is 36.5 Å². The van der Waals surface area contributed by atoms with E-state index in [1.165, 1.54) is 32.8 Å². The van der Waals surface area contributed by atoms with E-state index in [0.717, 1.165) is 35.7 Å². The van der Waals surface area contributed by atoms with E-state index < -0.39 is 0 Å². The number of carbonyl (C=O) groups excluding carboxylic acids is 2. The highest BCUT2D eigenvalue weighted by molar-refractivity contribution is 5.98. The van der Waals surface area contributed by atoms with Crippen LogP contribution in [0, 0.1) is 5.92 Å². The Balaban J connectivity index is 1.59. The molecule has 24 heavy (non-hydrogen) atoms. The third kappa shape index (κ3) is 3.96. The van der Waals surface area contributed by atoms with Crippen molar-refractivity contribution >= 4 is 23.2 Å². The molecule has 0 atom stereocenters. The molecule has 0 saturated heterocycles. The Labute approximate surface area is 143 Å². The lowest BCUT2D eigenvalue weighted by molar-refractivity contribution is -0.122. The predicted octanol–water partition coefficient (Wildman–Crippen LogP) is 3.13. The summed E-state index contributed by atoms with van der Waals surface area (Å²) in [7, 11) is 1.52. The second-order valence-corrected chi connectivity index (χ2v) is 6.81. The number of ether oxygens (including phenoxy) is 1. The van der Waals surface area contributed by atoms with Crippen molar-refractivity contribution in [2.75, 3.05) is 30.5 Å². The summed E-state index contributed by atoms with van der Waals surface area (Å²) in [4.78, 5) is 26.0. The summed E-state index contributed by atoms with van der Waals surface area (Å²) in [5, 5.41) is 2.98. The summed E-state index contributed by atoms with van der Waals surface area (Å²) in [6.07, 6.45) is 7.56. The van der Waals surface area contributed by atoms with Crippen LogP contribution in [0.25, 0.3) is 0 Å². The molecule has 1 fully saturated rings. The van der Waals surface area contributed by atoms with Gasteiger partial charge in [-0.15, -0.1) is 0 Å². The molecule has 2 amide bonds. The number of nitrogens with zero attached hydrogens (tertiary/aromatic N) is 1. The first-order chi connectivity index (χ1) is 11.7. The smallest absolute Gasteiger partial charge is 0.252 e. The van der Waals surface area contributed by atoms with Crippen LogP contribution in [-0.2, 0) is 20.7 Å². The SMILES string of the molecule is COCC(=O)N1CCc2ccc(NC(=O)CCC3CCCC3)cc21. The van der Waals surface area contributed by atoms with E-state index in [-0.39, 0.29) is 18.4 Å². The van der Waals surface area contributed by atoms with Crippen LogP contribution in [0.1, 0.15) is 44.1 Å². The average Bonchev–Trinajstić information content (AvgIpc) is 3.22. The van der Waals surface area contributed by atoms with E-state index in [0.29, 0.717) is 13.0 Å². The molecule has 1 heterocycles. The van der Waals surface area contributed by atoms with Crippen LogP contribution in [0.15, 0.2) is 18.2 Å². The molecular weight excluding hydrogens is 304 g/mol. The molecular formula is C19H26N2O3. The van der Waals surface area contributed by atoms with Crippen LogP contribution in [-0.4, -0.2) is 32.1 Å². The first kappa shape index (κ1) is 17.0. The Morgan fingerprint density at radius 1 is 1.29 bits per heavy atom. The largest absolute Gasteiger partial charge is 0.375 e. The molecule has 0 bridgehead atoms. The second-order valence-electron chi connectivity index (χ2n) is 6.81. The number of hydrogen-bond donors (Lipinski definition) is 1. The van der Waals surface area contributed by atoms with E-state index in [4.69, 9.17) is 4.74 Å². The zero-order valence-corrected chi connectivity index (χ0v) is 14.3. The standard InChI is InChI=1S/C19H26N2O3/c1-24-13-19(23)21-11-10-15-7-8-16(12-17(15)21)20-18(22)9-6-14-4-2-3-5-14/h7-8,12,14H,2-6,9-11,13H2,1H3,(H,20,22). The van der Waals surface area contributed by atoms with Crippen molar-refractivity contribution in [3.63, 3.8) is 0 Å². The Hall–Kier alpha value is -1.88. The fourth-order valence-corrected chi connectivity index (χ4v) is 3.78. The van der Waals surface area contributed by atoms with Gasteiger partial charge in [0.2, 0.25) is 5.91 Å². The monoisotopic (exact) mass is 330 g/mol. The van der Waals surface area contributed by atoms with Gasteiger partial charge in [0.25, 0.3) is 5.91 Å². The number of carbonyl (C=O) groups is 2. The van der Waals surface area contributed by atoms with E-state index in [9.17, 15) is 9.59 Å². The van der Waals surface area contributed by atoms with Crippen molar-refractivity contribution in [2.24, 2.45) is 5.92 Å². The van der Waals surface area contributed by atoms with Crippen LogP contribution < -0.4 is 10.2 Å². The Kier molecular flexibility index (Phi) is 5.51. The minimum atomic E-state index is -0.0408. The summed E-state index contributed by atoms with van der Waals surface area (Å²) < 4.78 is 4.95. The Bertz CT molecular complexity index is 609. The highest BCUT2D eigenvalue weighted by atomic mass is 16.5. The molecule has 1 aliphatic heterocycles. The van der Waals surface area contributed by atoms with Crippen LogP contribution in [0.5, 0.6) is 0 Å². The van der Waals surface area contributed by atoms with Gasteiger partial charge in [0.1, 0.15) is 6.61 Å². The number of benzene rings is 1. The zero-order chi connectivity index (χ0) is 16.9. The molecule has 1 aliphatic carbocycles. The molecule has 0 radical (unpaired) electrons.